The highest BCUT2D eigenvalue weighted by molar-refractivity contribution is 6.36. The SMILES string of the molecule is C/C=C\C=C/C1=N[SiH2]N(CCCC)C(C)=C1. The molecule has 1 aliphatic rings. The van der Waals surface area contributed by atoms with Crippen LogP contribution in [-0.2, 0) is 0 Å². The Morgan fingerprint density at radius 2 is 2.25 bits per heavy atom. The highest BCUT2D eigenvalue weighted by Crippen LogP contribution is 2.09. The van der Waals surface area contributed by atoms with Crippen LogP contribution < -0.4 is 0 Å². The van der Waals surface area contributed by atoms with Crippen LogP contribution in [0.5, 0.6) is 0 Å². The van der Waals surface area contributed by atoms with Gasteiger partial charge in [-0.2, -0.15) is 0 Å². The maximum absolute atomic E-state index is 4.67. The molecule has 0 unspecified atom stereocenters. The van der Waals surface area contributed by atoms with E-state index in [0.29, 0.717) is 0 Å². The van der Waals surface area contributed by atoms with Gasteiger partial charge in [-0.05, 0) is 32.4 Å². The Kier molecular flexibility index (Phi) is 5.86. The van der Waals surface area contributed by atoms with Gasteiger partial charge in [-0.1, -0.05) is 31.6 Å². The van der Waals surface area contributed by atoms with Crippen LogP contribution in [0.15, 0.2) is 40.7 Å². The van der Waals surface area contributed by atoms with Crippen molar-refractivity contribution in [3.63, 3.8) is 0 Å². The van der Waals surface area contributed by atoms with Crippen molar-refractivity contribution in [1.82, 2.24) is 4.57 Å². The lowest BCUT2D eigenvalue weighted by Gasteiger charge is -2.26. The van der Waals surface area contributed by atoms with Gasteiger partial charge in [0.15, 0.2) is 0 Å². The summed E-state index contributed by atoms with van der Waals surface area (Å²) < 4.78 is 7.14. The summed E-state index contributed by atoms with van der Waals surface area (Å²) in [6.45, 7) is 7.63. The maximum atomic E-state index is 4.67. The van der Waals surface area contributed by atoms with Crippen molar-refractivity contribution in [3.8, 4) is 0 Å². The second-order valence-electron chi connectivity index (χ2n) is 4.01. The van der Waals surface area contributed by atoms with Crippen LogP contribution in [0.3, 0.4) is 0 Å². The van der Waals surface area contributed by atoms with Crippen molar-refractivity contribution < 1.29 is 0 Å². The molecule has 1 heterocycles. The molecule has 0 aromatic heterocycles. The maximum Gasteiger partial charge on any atom is 0.252 e. The van der Waals surface area contributed by atoms with Gasteiger partial charge in [-0.15, -0.1) is 0 Å². The predicted octanol–water partition coefficient (Wildman–Crippen LogP) is 2.58. The van der Waals surface area contributed by atoms with Crippen molar-refractivity contribution in [3.05, 3.63) is 36.1 Å². The molecule has 0 saturated carbocycles. The molecule has 1 aliphatic heterocycles. The molecule has 0 N–H and O–H groups in total. The highest BCUT2D eigenvalue weighted by Gasteiger charge is 2.09. The van der Waals surface area contributed by atoms with Crippen LogP contribution >= 0.6 is 0 Å². The van der Waals surface area contributed by atoms with Gasteiger partial charge in [-0.25, -0.2) is 0 Å². The van der Waals surface area contributed by atoms with Crippen molar-refractivity contribution in [1.29, 1.82) is 0 Å². The van der Waals surface area contributed by atoms with Gasteiger partial charge < -0.3 is 9.22 Å². The fourth-order valence-electron chi connectivity index (χ4n) is 1.59. The Morgan fingerprint density at radius 3 is 2.88 bits per heavy atom. The van der Waals surface area contributed by atoms with Crippen LogP contribution in [-0.4, -0.2) is 26.7 Å². The van der Waals surface area contributed by atoms with E-state index in [0.717, 1.165) is 5.71 Å². The minimum atomic E-state index is -0.449. The number of unbranched alkanes of at least 4 members (excludes halogenated alkanes) is 1. The van der Waals surface area contributed by atoms with Crippen LogP contribution in [0, 0.1) is 0 Å². The minimum Gasteiger partial charge on any atom is -0.388 e. The molecule has 88 valence electrons. The number of hydrogen-bond donors (Lipinski definition) is 0. The number of hydrogen-bond acceptors (Lipinski definition) is 2. The standard InChI is InChI=1S/C13H22N2Si/c1-4-6-8-9-13-11-12(3)15(16-14-13)10-7-5-2/h4,6,8-9,11H,5,7,10,16H2,1-3H3/b6-4-,9-8-. The molecule has 1 rings (SSSR count). The number of allylic oxidation sites excluding steroid dienone is 6. The molecule has 0 spiro atoms. The van der Waals surface area contributed by atoms with Crippen LogP contribution in [0.25, 0.3) is 0 Å². The molecule has 0 fully saturated rings. The van der Waals surface area contributed by atoms with Gasteiger partial charge in [0.1, 0.15) is 0 Å². The first-order chi connectivity index (χ1) is 7.77. The Balaban J connectivity index is 2.53. The van der Waals surface area contributed by atoms with Gasteiger partial charge in [0.25, 0.3) is 9.84 Å². The highest BCUT2D eigenvalue weighted by atomic mass is 28.2. The molecular weight excluding hydrogens is 212 g/mol. The van der Waals surface area contributed by atoms with Gasteiger partial charge in [0.2, 0.25) is 0 Å². The van der Waals surface area contributed by atoms with Crippen molar-refractivity contribution in [2.75, 3.05) is 6.54 Å². The normalized spacial score (nSPS) is 18.6. The monoisotopic (exact) mass is 234 g/mol. The molecule has 0 aliphatic carbocycles. The van der Waals surface area contributed by atoms with Crippen molar-refractivity contribution >= 4 is 15.6 Å². The Labute approximate surface area is 101 Å². The number of rotatable bonds is 5. The third-order valence-electron chi connectivity index (χ3n) is 2.63. The average molecular weight is 234 g/mol. The molecule has 3 heteroatoms. The van der Waals surface area contributed by atoms with E-state index < -0.39 is 9.84 Å². The van der Waals surface area contributed by atoms with Crippen molar-refractivity contribution in [2.45, 2.75) is 33.6 Å². The summed E-state index contributed by atoms with van der Waals surface area (Å²) in [5, 5.41) is 0. The quantitative estimate of drug-likeness (QED) is 0.527. The average Bonchev–Trinajstić information content (AvgIpc) is 2.28. The molecule has 0 saturated heterocycles. The number of nitrogens with zero attached hydrogens (tertiary/aromatic N) is 2. The largest absolute Gasteiger partial charge is 0.388 e. The zero-order chi connectivity index (χ0) is 11.8. The molecule has 0 aromatic rings. The van der Waals surface area contributed by atoms with Crippen molar-refractivity contribution in [2.24, 2.45) is 4.66 Å². The Bertz CT molecular complexity index is 327. The second kappa shape index (κ2) is 7.22. The summed E-state index contributed by atoms with van der Waals surface area (Å²) in [7, 11) is -0.449. The van der Waals surface area contributed by atoms with E-state index in [4.69, 9.17) is 0 Å². The lowest BCUT2D eigenvalue weighted by Crippen LogP contribution is -2.30. The topological polar surface area (TPSA) is 15.6 Å². The second-order valence-corrected chi connectivity index (χ2v) is 5.37. The van der Waals surface area contributed by atoms with E-state index in [1.807, 2.05) is 19.1 Å². The Morgan fingerprint density at radius 1 is 1.44 bits per heavy atom. The third kappa shape index (κ3) is 4.19. The molecule has 16 heavy (non-hydrogen) atoms. The molecular formula is C13H22N2Si. The predicted molar refractivity (Wildman–Crippen MR) is 75.3 cm³/mol. The minimum absolute atomic E-state index is 0.449. The first-order valence-electron chi connectivity index (χ1n) is 6.05. The summed E-state index contributed by atoms with van der Waals surface area (Å²) >= 11 is 0. The molecule has 0 radical (unpaired) electrons. The van der Waals surface area contributed by atoms with Gasteiger partial charge in [0.05, 0.1) is 5.71 Å². The third-order valence-corrected chi connectivity index (χ3v) is 4.29. The van der Waals surface area contributed by atoms with Gasteiger partial charge in [0, 0.05) is 12.2 Å². The summed E-state index contributed by atoms with van der Waals surface area (Å²) in [4.78, 5) is 0. The van der Waals surface area contributed by atoms with E-state index in [9.17, 15) is 0 Å². The van der Waals surface area contributed by atoms with E-state index >= 15 is 0 Å². The smallest absolute Gasteiger partial charge is 0.252 e. The molecule has 0 aromatic carbocycles. The fourth-order valence-corrected chi connectivity index (χ4v) is 2.80. The lowest BCUT2D eigenvalue weighted by molar-refractivity contribution is 0.514. The van der Waals surface area contributed by atoms with E-state index in [-0.39, 0.29) is 0 Å². The first-order valence-corrected chi connectivity index (χ1v) is 7.31. The van der Waals surface area contributed by atoms with Crippen LogP contribution in [0.4, 0.5) is 0 Å². The van der Waals surface area contributed by atoms with Crippen LogP contribution in [0.2, 0.25) is 0 Å². The summed E-state index contributed by atoms with van der Waals surface area (Å²) in [5.41, 5.74) is 2.52. The molecule has 0 amide bonds. The summed E-state index contributed by atoms with van der Waals surface area (Å²) in [6.07, 6.45) is 12.9. The first kappa shape index (κ1) is 13.0. The molecule has 0 bridgehead atoms. The molecule has 0 atom stereocenters. The fraction of sp³-hybridized carbons (Fsp3) is 0.462. The Hall–Kier alpha value is -1.09. The van der Waals surface area contributed by atoms with Crippen LogP contribution in [0.1, 0.15) is 33.6 Å². The summed E-state index contributed by atoms with van der Waals surface area (Å²) in [5.74, 6) is 0. The van der Waals surface area contributed by atoms with Gasteiger partial charge >= 0.3 is 0 Å². The van der Waals surface area contributed by atoms with E-state index in [2.05, 4.69) is 41.3 Å². The van der Waals surface area contributed by atoms with Gasteiger partial charge in [-0.3, -0.25) is 0 Å². The van der Waals surface area contributed by atoms with E-state index in [1.165, 1.54) is 25.1 Å². The zero-order valence-corrected chi connectivity index (χ0v) is 12.0. The summed E-state index contributed by atoms with van der Waals surface area (Å²) in [6, 6.07) is 0. The zero-order valence-electron chi connectivity index (χ0n) is 10.6. The molecule has 2 nitrogen and oxygen atoms in total. The van der Waals surface area contributed by atoms with E-state index in [1.54, 1.807) is 0 Å². The lowest BCUT2D eigenvalue weighted by atomic mass is 10.2.